The third-order valence-corrected chi connectivity index (χ3v) is 4.77. The number of benzene rings is 1. The molecule has 0 spiro atoms. The minimum Gasteiger partial charge on any atom is -0.478 e. The van der Waals surface area contributed by atoms with Crippen molar-refractivity contribution in [1.29, 1.82) is 0 Å². The van der Waals surface area contributed by atoms with E-state index in [0.29, 0.717) is 28.3 Å². The number of aromatic nitrogens is 1. The van der Waals surface area contributed by atoms with E-state index < -0.39 is 29.9 Å². The van der Waals surface area contributed by atoms with E-state index in [4.69, 9.17) is 9.47 Å². The second kappa shape index (κ2) is 7.90. The second-order valence-electron chi connectivity index (χ2n) is 6.97. The first-order chi connectivity index (χ1) is 13.7. The smallest absolute Gasteiger partial charge is 0.310 e. The monoisotopic (exact) mass is 398 g/mol. The van der Waals surface area contributed by atoms with Gasteiger partial charge in [-0.1, -0.05) is 12.1 Å². The molecule has 0 fully saturated rings. The molecule has 3 rings (SSSR count). The Bertz CT molecular complexity index is 1010. The maximum absolute atomic E-state index is 12.7. The van der Waals surface area contributed by atoms with Crippen LogP contribution in [0.4, 0.5) is 5.69 Å². The van der Waals surface area contributed by atoms with Crippen molar-refractivity contribution in [1.82, 2.24) is 4.98 Å². The Hall–Kier alpha value is -3.42. The Morgan fingerprint density at radius 2 is 1.90 bits per heavy atom. The maximum Gasteiger partial charge on any atom is 0.310 e. The van der Waals surface area contributed by atoms with Gasteiger partial charge in [-0.05, 0) is 45.4 Å². The predicted octanol–water partition coefficient (Wildman–Crippen LogP) is 2.74. The number of para-hydroxylation sites is 2. The van der Waals surface area contributed by atoms with Crippen LogP contribution in [-0.2, 0) is 14.3 Å². The summed E-state index contributed by atoms with van der Waals surface area (Å²) in [5.41, 5.74) is 2.33. The molecule has 1 aliphatic heterocycles. The number of H-pyrrole nitrogens is 1. The van der Waals surface area contributed by atoms with Gasteiger partial charge < -0.3 is 19.8 Å². The fourth-order valence-electron chi connectivity index (χ4n) is 3.40. The molecule has 0 saturated heterocycles. The van der Waals surface area contributed by atoms with Crippen LogP contribution in [0.1, 0.15) is 52.4 Å². The number of carbonyl (C=O) groups excluding carboxylic acids is 4. The van der Waals surface area contributed by atoms with E-state index in [-0.39, 0.29) is 17.9 Å². The number of anilines is 1. The zero-order valence-corrected chi connectivity index (χ0v) is 16.6. The average molecular weight is 398 g/mol. The summed E-state index contributed by atoms with van der Waals surface area (Å²) in [5.74, 6) is -1.34. The molecule has 29 heavy (non-hydrogen) atoms. The van der Waals surface area contributed by atoms with Crippen LogP contribution >= 0.6 is 0 Å². The molecular weight excluding hydrogens is 376 g/mol. The second-order valence-corrected chi connectivity index (χ2v) is 6.97. The number of Topliss-reactive ketones (excluding diaryl/α,β-unsaturated/α-hetero) is 2. The first kappa shape index (κ1) is 20.3. The van der Waals surface area contributed by atoms with Crippen LogP contribution in [0.3, 0.4) is 0 Å². The molecule has 0 aliphatic carbocycles. The van der Waals surface area contributed by atoms with Crippen molar-refractivity contribution in [3.05, 3.63) is 46.8 Å². The molecule has 0 radical (unpaired) electrons. The van der Waals surface area contributed by atoms with E-state index in [9.17, 15) is 19.2 Å². The summed E-state index contributed by atoms with van der Waals surface area (Å²) in [5, 5.41) is 2.67. The molecule has 2 aromatic rings. The van der Waals surface area contributed by atoms with Crippen molar-refractivity contribution in [3.63, 3.8) is 0 Å². The van der Waals surface area contributed by atoms with Gasteiger partial charge in [0.1, 0.15) is 5.75 Å². The molecule has 2 atom stereocenters. The topological polar surface area (TPSA) is 115 Å². The SMILES string of the molecule is CC(=O)c1c(C)[nH]c(C(=O)[C@H](C)OC(=O)C[C@@H]2Oc3ccccc3NC2=O)c1C. The van der Waals surface area contributed by atoms with Crippen molar-refractivity contribution in [3.8, 4) is 5.75 Å². The van der Waals surface area contributed by atoms with Crippen LogP contribution in [0.5, 0.6) is 5.75 Å². The maximum atomic E-state index is 12.7. The van der Waals surface area contributed by atoms with Gasteiger partial charge in [0.15, 0.2) is 18.0 Å². The molecule has 1 aromatic heterocycles. The summed E-state index contributed by atoms with van der Waals surface area (Å²) in [4.78, 5) is 51.7. The van der Waals surface area contributed by atoms with Gasteiger partial charge in [0, 0.05) is 11.3 Å². The molecule has 8 nitrogen and oxygen atoms in total. The normalized spacial score (nSPS) is 16.3. The van der Waals surface area contributed by atoms with Crippen LogP contribution in [0.2, 0.25) is 0 Å². The summed E-state index contributed by atoms with van der Waals surface area (Å²) < 4.78 is 10.8. The van der Waals surface area contributed by atoms with E-state index >= 15 is 0 Å². The van der Waals surface area contributed by atoms with Crippen molar-refractivity contribution < 1.29 is 28.7 Å². The van der Waals surface area contributed by atoms with Gasteiger partial charge in [-0.3, -0.25) is 19.2 Å². The Morgan fingerprint density at radius 1 is 1.21 bits per heavy atom. The number of aryl methyl sites for hydroxylation is 1. The number of esters is 1. The number of fused-ring (bicyclic) bond motifs is 1. The summed E-state index contributed by atoms with van der Waals surface area (Å²) in [6.07, 6.45) is -2.46. The number of hydrogen-bond acceptors (Lipinski definition) is 6. The zero-order chi connectivity index (χ0) is 21.3. The van der Waals surface area contributed by atoms with Gasteiger partial charge in [-0.15, -0.1) is 0 Å². The fourth-order valence-corrected chi connectivity index (χ4v) is 3.40. The fraction of sp³-hybridized carbons (Fsp3) is 0.333. The standard InChI is InChI=1S/C21H22N2O6/c1-10-18(12(3)24)11(2)22-19(10)20(26)13(4)28-17(25)9-16-21(27)23-14-7-5-6-8-15(14)29-16/h5-8,13,16,22H,9H2,1-4H3,(H,23,27)/t13-,16-/m0/s1. The lowest BCUT2D eigenvalue weighted by atomic mass is 10.0. The Balaban J connectivity index is 1.65. The molecule has 0 bridgehead atoms. The summed E-state index contributed by atoms with van der Waals surface area (Å²) in [7, 11) is 0. The van der Waals surface area contributed by atoms with E-state index in [1.807, 2.05) is 0 Å². The first-order valence-corrected chi connectivity index (χ1v) is 9.19. The molecule has 8 heteroatoms. The molecule has 0 saturated carbocycles. The largest absolute Gasteiger partial charge is 0.478 e. The molecule has 1 amide bonds. The highest BCUT2D eigenvalue weighted by atomic mass is 16.6. The van der Waals surface area contributed by atoms with E-state index in [2.05, 4.69) is 10.3 Å². The quantitative estimate of drug-likeness (QED) is 0.571. The number of nitrogens with one attached hydrogen (secondary N) is 2. The van der Waals surface area contributed by atoms with E-state index in [1.165, 1.54) is 13.8 Å². The molecule has 1 aliphatic rings. The van der Waals surface area contributed by atoms with Gasteiger partial charge in [0.2, 0.25) is 5.78 Å². The number of aromatic amines is 1. The van der Waals surface area contributed by atoms with Gasteiger partial charge in [-0.25, -0.2) is 0 Å². The summed E-state index contributed by atoms with van der Waals surface area (Å²) in [6.45, 7) is 6.24. The van der Waals surface area contributed by atoms with E-state index in [0.717, 1.165) is 0 Å². The molecule has 152 valence electrons. The number of ketones is 2. The van der Waals surface area contributed by atoms with Crippen molar-refractivity contribution in [2.24, 2.45) is 0 Å². The van der Waals surface area contributed by atoms with Crippen LogP contribution in [0.15, 0.2) is 24.3 Å². The van der Waals surface area contributed by atoms with Crippen LogP contribution in [-0.4, -0.2) is 40.6 Å². The van der Waals surface area contributed by atoms with Gasteiger partial charge >= 0.3 is 5.97 Å². The average Bonchev–Trinajstić information content (AvgIpc) is 2.95. The number of rotatable bonds is 6. The zero-order valence-electron chi connectivity index (χ0n) is 16.6. The highest BCUT2D eigenvalue weighted by molar-refractivity contribution is 6.05. The lowest BCUT2D eigenvalue weighted by Crippen LogP contribution is -2.39. The third kappa shape index (κ3) is 4.06. The Kier molecular flexibility index (Phi) is 5.54. The molecule has 0 unspecified atom stereocenters. The number of ether oxygens (including phenoxy) is 2. The van der Waals surface area contributed by atoms with Crippen LogP contribution in [0.25, 0.3) is 0 Å². The van der Waals surface area contributed by atoms with E-state index in [1.54, 1.807) is 38.1 Å². The molecule has 2 N–H and O–H groups in total. The van der Waals surface area contributed by atoms with Crippen LogP contribution in [0, 0.1) is 13.8 Å². The third-order valence-electron chi connectivity index (χ3n) is 4.77. The first-order valence-electron chi connectivity index (χ1n) is 9.19. The number of hydrogen-bond donors (Lipinski definition) is 2. The molecule has 2 heterocycles. The Labute approximate surface area is 167 Å². The lowest BCUT2D eigenvalue weighted by molar-refractivity contribution is -0.150. The van der Waals surface area contributed by atoms with Crippen molar-refractivity contribution >= 4 is 29.1 Å². The predicted molar refractivity (Wildman–Crippen MR) is 104 cm³/mol. The lowest BCUT2D eigenvalue weighted by Gasteiger charge is -2.25. The molecule has 1 aromatic carbocycles. The minimum absolute atomic E-state index is 0.152. The minimum atomic E-state index is -1.09. The van der Waals surface area contributed by atoms with Crippen molar-refractivity contribution in [2.75, 3.05) is 5.32 Å². The number of carbonyl (C=O) groups is 4. The van der Waals surface area contributed by atoms with Crippen LogP contribution < -0.4 is 10.1 Å². The Morgan fingerprint density at radius 3 is 2.55 bits per heavy atom. The molecular formula is C21H22N2O6. The van der Waals surface area contributed by atoms with Gasteiger partial charge in [-0.2, -0.15) is 0 Å². The van der Waals surface area contributed by atoms with Gasteiger partial charge in [0.05, 0.1) is 17.8 Å². The summed E-state index contributed by atoms with van der Waals surface area (Å²) in [6, 6.07) is 6.88. The van der Waals surface area contributed by atoms with Gasteiger partial charge in [0.25, 0.3) is 5.91 Å². The number of amides is 1. The van der Waals surface area contributed by atoms with Crippen molar-refractivity contribution in [2.45, 2.75) is 46.3 Å². The summed E-state index contributed by atoms with van der Waals surface area (Å²) >= 11 is 0. The highest BCUT2D eigenvalue weighted by Gasteiger charge is 2.32. The highest BCUT2D eigenvalue weighted by Crippen LogP contribution is 2.29.